The lowest BCUT2D eigenvalue weighted by atomic mass is 10.0. The molecule has 5 nitrogen and oxygen atoms in total. The van der Waals surface area contributed by atoms with Crippen molar-refractivity contribution in [1.29, 1.82) is 0 Å². The van der Waals surface area contributed by atoms with E-state index >= 15 is 0 Å². The van der Waals surface area contributed by atoms with Gasteiger partial charge in [-0.15, -0.1) is 11.3 Å². The maximum atomic E-state index is 6.71. The smallest absolute Gasteiger partial charge is 0.164 e. The summed E-state index contributed by atoms with van der Waals surface area (Å²) >= 11 is 1.81. The number of hydrogen-bond donors (Lipinski definition) is 0. The van der Waals surface area contributed by atoms with Crippen LogP contribution in [0.25, 0.3) is 115 Å². The first-order chi connectivity index (χ1) is 28.2. The lowest BCUT2D eigenvalue weighted by Crippen LogP contribution is -2.00. The maximum Gasteiger partial charge on any atom is 0.164 e. The Bertz CT molecular complexity index is 3530. The molecule has 12 rings (SSSR count). The summed E-state index contributed by atoms with van der Waals surface area (Å²) in [5.41, 5.74) is 10.1. The first-order valence-corrected chi connectivity index (χ1v) is 19.8. The zero-order valence-corrected chi connectivity index (χ0v) is 31.2. The van der Waals surface area contributed by atoms with Gasteiger partial charge >= 0.3 is 0 Å². The largest absolute Gasteiger partial charge is 0.455 e. The van der Waals surface area contributed by atoms with Crippen LogP contribution in [0.3, 0.4) is 0 Å². The zero-order valence-electron chi connectivity index (χ0n) is 30.4. The number of furan rings is 1. The number of aromatic nitrogens is 4. The SMILES string of the molecule is c1ccc(-c2nc(-c3ccc4oc5c(-c6ccc7c8ccccc8n(-c8ccccc8)c7c6)cccc5c4c3)nc(-c3ccc4sc5ccccc5c4c3)n2)cc1. The molecular weight excluding hydrogens is 717 g/mol. The molecule has 0 aliphatic heterocycles. The lowest BCUT2D eigenvalue weighted by molar-refractivity contribution is 0.670. The topological polar surface area (TPSA) is 56.7 Å². The Labute approximate surface area is 330 Å². The van der Waals surface area contributed by atoms with Crippen molar-refractivity contribution >= 4 is 75.3 Å². The quantitative estimate of drug-likeness (QED) is 0.176. The molecule has 0 spiro atoms. The van der Waals surface area contributed by atoms with Crippen molar-refractivity contribution in [3.63, 3.8) is 0 Å². The summed E-state index contributed by atoms with van der Waals surface area (Å²) in [5, 5.41) is 6.95. The van der Waals surface area contributed by atoms with Crippen LogP contribution in [0.1, 0.15) is 0 Å². The molecule has 0 bridgehead atoms. The van der Waals surface area contributed by atoms with Crippen LogP contribution in [0.4, 0.5) is 0 Å². The summed E-state index contributed by atoms with van der Waals surface area (Å²) in [4.78, 5) is 15.2. The number of para-hydroxylation sites is 3. The van der Waals surface area contributed by atoms with E-state index in [2.05, 4.69) is 150 Å². The molecule has 8 aromatic carbocycles. The van der Waals surface area contributed by atoms with Crippen molar-refractivity contribution in [2.75, 3.05) is 0 Å². The first kappa shape index (κ1) is 31.9. The van der Waals surface area contributed by atoms with Crippen molar-refractivity contribution < 1.29 is 4.42 Å². The second-order valence-electron chi connectivity index (χ2n) is 14.4. The predicted molar refractivity (Wildman–Crippen MR) is 236 cm³/mol. The summed E-state index contributed by atoms with van der Waals surface area (Å²) in [6, 6.07) is 63.8. The molecule has 0 amide bonds. The van der Waals surface area contributed by atoms with Gasteiger partial charge in [0.1, 0.15) is 11.2 Å². The van der Waals surface area contributed by atoms with Crippen LogP contribution in [0.2, 0.25) is 0 Å². The average Bonchev–Trinajstić information content (AvgIpc) is 3.95. The third-order valence-corrected chi connectivity index (χ3v) is 12.2. The fourth-order valence-electron chi connectivity index (χ4n) is 8.37. The molecule has 6 heteroatoms. The van der Waals surface area contributed by atoms with Gasteiger partial charge in [-0.1, -0.05) is 115 Å². The normalized spacial score (nSPS) is 11.9. The second-order valence-corrected chi connectivity index (χ2v) is 15.5. The molecule has 0 radical (unpaired) electrons. The molecule has 0 saturated carbocycles. The van der Waals surface area contributed by atoms with E-state index in [1.54, 1.807) is 11.3 Å². The monoisotopic (exact) mass is 746 g/mol. The van der Waals surface area contributed by atoms with E-state index in [4.69, 9.17) is 19.4 Å². The predicted octanol–water partition coefficient (Wildman–Crippen LogP) is 13.9. The highest BCUT2D eigenvalue weighted by atomic mass is 32.1. The van der Waals surface area contributed by atoms with Crippen molar-refractivity contribution in [3.05, 3.63) is 182 Å². The van der Waals surface area contributed by atoms with Crippen molar-refractivity contribution in [2.24, 2.45) is 0 Å². The third kappa shape index (κ3) is 5.12. The van der Waals surface area contributed by atoms with Crippen molar-refractivity contribution in [3.8, 4) is 51.0 Å². The summed E-state index contributed by atoms with van der Waals surface area (Å²) in [5.74, 6) is 1.88. The third-order valence-electron chi connectivity index (χ3n) is 11.1. The molecule has 0 aliphatic carbocycles. The highest BCUT2D eigenvalue weighted by Crippen LogP contribution is 2.41. The molecular formula is C51H30N4OS. The first-order valence-electron chi connectivity index (χ1n) is 19.0. The molecule has 57 heavy (non-hydrogen) atoms. The summed E-state index contributed by atoms with van der Waals surface area (Å²) in [7, 11) is 0. The van der Waals surface area contributed by atoms with Crippen LogP contribution in [0, 0.1) is 0 Å². The van der Waals surface area contributed by atoms with Crippen LogP contribution in [-0.4, -0.2) is 19.5 Å². The zero-order chi connectivity index (χ0) is 37.5. The van der Waals surface area contributed by atoms with E-state index in [0.29, 0.717) is 17.5 Å². The average molecular weight is 747 g/mol. The molecule has 0 unspecified atom stereocenters. The van der Waals surface area contributed by atoms with Gasteiger partial charge in [0.2, 0.25) is 0 Å². The van der Waals surface area contributed by atoms with Crippen LogP contribution in [0.15, 0.2) is 186 Å². The van der Waals surface area contributed by atoms with Gasteiger partial charge in [-0.2, -0.15) is 0 Å². The number of benzene rings is 8. The van der Waals surface area contributed by atoms with Crippen LogP contribution in [0.5, 0.6) is 0 Å². The van der Waals surface area contributed by atoms with E-state index in [0.717, 1.165) is 61.0 Å². The molecule has 12 aromatic rings. The molecule has 266 valence electrons. The number of hydrogen-bond acceptors (Lipinski definition) is 5. The number of fused-ring (bicyclic) bond motifs is 9. The van der Waals surface area contributed by atoms with Gasteiger partial charge in [-0.25, -0.2) is 15.0 Å². The summed E-state index contributed by atoms with van der Waals surface area (Å²) < 4.78 is 11.6. The van der Waals surface area contributed by atoms with Crippen LogP contribution >= 0.6 is 11.3 Å². The molecule has 4 aromatic heterocycles. The van der Waals surface area contributed by atoms with Crippen LogP contribution < -0.4 is 0 Å². The van der Waals surface area contributed by atoms with Gasteiger partial charge in [0.15, 0.2) is 17.5 Å². The minimum absolute atomic E-state index is 0.612. The van der Waals surface area contributed by atoms with E-state index < -0.39 is 0 Å². The molecule has 0 N–H and O–H groups in total. The van der Waals surface area contributed by atoms with Gasteiger partial charge in [-0.05, 0) is 72.3 Å². The van der Waals surface area contributed by atoms with Gasteiger partial charge < -0.3 is 8.98 Å². The molecule has 0 atom stereocenters. The van der Waals surface area contributed by atoms with Crippen molar-refractivity contribution in [2.45, 2.75) is 0 Å². The van der Waals surface area contributed by atoms with E-state index in [1.165, 1.54) is 36.5 Å². The van der Waals surface area contributed by atoms with Gasteiger partial charge in [0.25, 0.3) is 0 Å². The van der Waals surface area contributed by atoms with Crippen LogP contribution in [-0.2, 0) is 0 Å². The Hall–Kier alpha value is -7.41. The van der Waals surface area contributed by atoms with Gasteiger partial charge in [0, 0.05) is 69.7 Å². The minimum Gasteiger partial charge on any atom is -0.455 e. The molecule has 0 aliphatic rings. The van der Waals surface area contributed by atoms with E-state index in [9.17, 15) is 0 Å². The van der Waals surface area contributed by atoms with E-state index in [1.807, 2.05) is 36.4 Å². The van der Waals surface area contributed by atoms with E-state index in [-0.39, 0.29) is 0 Å². The summed E-state index contributed by atoms with van der Waals surface area (Å²) in [6.07, 6.45) is 0. The Kier molecular flexibility index (Phi) is 7.03. The van der Waals surface area contributed by atoms with Gasteiger partial charge in [0.05, 0.1) is 11.0 Å². The highest BCUT2D eigenvalue weighted by molar-refractivity contribution is 7.25. The molecule has 0 saturated heterocycles. The Morgan fingerprint density at radius 1 is 0.386 bits per heavy atom. The standard InChI is InChI=1S/C51H30N4OS/c1-3-12-31(13-4-1)49-52-50(54-51(53-49)34-24-27-47-42(29-34)39-17-8-10-21-46(39)57-47)33-23-26-45-41(28-33)40-19-11-18-36(48(40)56-45)32-22-25-38-37-16-7-9-20-43(37)55(44(38)30-32)35-14-5-2-6-15-35/h1-30H. The molecule has 4 heterocycles. The Morgan fingerprint density at radius 2 is 1.00 bits per heavy atom. The highest BCUT2D eigenvalue weighted by Gasteiger charge is 2.19. The Balaban J connectivity index is 1.01. The van der Waals surface area contributed by atoms with Gasteiger partial charge in [-0.3, -0.25) is 0 Å². The minimum atomic E-state index is 0.612. The maximum absolute atomic E-state index is 6.71. The summed E-state index contributed by atoms with van der Waals surface area (Å²) in [6.45, 7) is 0. The number of thiophene rings is 1. The second kappa shape index (κ2) is 12.6. The fraction of sp³-hybridized carbons (Fsp3) is 0. The molecule has 0 fully saturated rings. The fourth-order valence-corrected chi connectivity index (χ4v) is 9.46. The number of nitrogens with zero attached hydrogens (tertiary/aromatic N) is 4. The Morgan fingerprint density at radius 3 is 1.82 bits per heavy atom. The lowest BCUT2D eigenvalue weighted by Gasteiger charge is -2.09. The number of rotatable bonds is 5. The van der Waals surface area contributed by atoms with Crippen molar-refractivity contribution in [1.82, 2.24) is 19.5 Å².